The van der Waals surface area contributed by atoms with E-state index in [-0.39, 0.29) is 18.4 Å². The maximum absolute atomic E-state index is 11.7. The molecule has 0 radical (unpaired) electrons. The summed E-state index contributed by atoms with van der Waals surface area (Å²) in [7, 11) is 0. The number of hydrogen-bond acceptors (Lipinski definition) is 3. The van der Waals surface area contributed by atoms with E-state index in [2.05, 4.69) is 6.92 Å². The summed E-state index contributed by atoms with van der Waals surface area (Å²) in [5.41, 5.74) is 6.28. The molecule has 0 heterocycles. The van der Waals surface area contributed by atoms with Crippen molar-refractivity contribution in [2.24, 2.45) is 0 Å². The highest BCUT2D eigenvalue weighted by Gasteiger charge is 2.04. The normalized spacial score (nSPS) is 10.3. The number of esters is 1. The summed E-state index contributed by atoms with van der Waals surface area (Å²) < 4.78 is 5.28. The Hall–Kier alpha value is -1.22. The van der Waals surface area contributed by atoms with Gasteiger partial charge in [0.1, 0.15) is 5.75 Å². The number of unbranched alkanes of at least 4 members (excludes halogenated alkanes) is 12. The quantitative estimate of drug-likeness (QED) is 0.152. The van der Waals surface area contributed by atoms with E-state index < -0.39 is 0 Å². The third-order valence-electron chi connectivity index (χ3n) is 4.60. The lowest BCUT2D eigenvalue weighted by Crippen LogP contribution is -2.07. The van der Waals surface area contributed by atoms with Crippen LogP contribution in [0, 0.1) is 0 Å². The predicted molar refractivity (Wildman–Crippen MR) is 114 cm³/mol. The molecule has 0 aliphatic heterocycles. The Morgan fingerprint density at radius 3 is 1.65 bits per heavy atom. The average Bonchev–Trinajstić information content (AvgIpc) is 2.61. The van der Waals surface area contributed by atoms with Crippen LogP contribution in [-0.2, 0) is 4.79 Å². The monoisotopic (exact) mass is 383 g/mol. The first-order valence-electron chi connectivity index (χ1n) is 10.3. The zero-order chi connectivity index (χ0) is 18.2. The second-order valence-corrected chi connectivity index (χ2v) is 7.04. The largest absolute Gasteiger partial charge is 0.427 e. The maximum atomic E-state index is 11.7. The Bertz CT molecular complexity index is 448. The molecule has 0 saturated carbocycles. The van der Waals surface area contributed by atoms with E-state index in [0.717, 1.165) is 12.8 Å². The van der Waals surface area contributed by atoms with Crippen LogP contribution in [0.1, 0.15) is 96.8 Å². The lowest BCUT2D eigenvalue weighted by molar-refractivity contribution is -0.134. The second-order valence-electron chi connectivity index (χ2n) is 7.04. The van der Waals surface area contributed by atoms with Crippen LogP contribution < -0.4 is 10.5 Å². The molecule has 0 aliphatic rings. The van der Waals surface area contributed by atoms with Crippen molar-refractivity contribution in [3.05, 3.63) is 24.3 Å². The van der Waals surface area contributed by atoms with Crippen LogP contribution in [0.5, 0.6) is 5.75 Å². The summed E-state index contributed by atoms with van der Waals surface area (Å²) in [6.07, 6.45) is 17.5. The second kappa shape index (κ2) is 17.2. The van der Waals surface area contributed by atoms with Crippen molar-refractivity contribution >= 4 is 24.1 Å². The Morgan fingerprint density at radius 2 is 1.19 bits per heavy atom. The predicted octanol–water partition coefficient (Wildman–Crippen LogP) is 7.08. The minimum absolute atomic E-state index is 0. The lowest BCUT2D eigenvalue weighted by Gasteiger charge is -2.05. The Kier molecular flexibility index (Phi) is 16.4. The molecule has 4 heteroatoms. The van der Waals surface area contributed by atoms with E-state index in [1.807, 2.05) is 0 Å². The van der Waals surface area contributed by atoms with Crippen molar-refractivity contribution in [3.8, 4) is 5.75 Å². The number of halogens is 1. The number of anilines is 1. The molecule has 0 amide bonds. The summed E-state index contributed by atoms with van der Waals surface area (Å²) in [5, 5.41) is 0. The molecule has 0 spiro atoms. The van der Waals surface area contributed by atoms with Crippen LogP contribution in [0.3, 0.4) is 0 Å². The molecule has 0 unspecified atom stereocenters. The van der Waals surface area contributed by atoms with Crippen LogP contribution in [0.25, 0.3) is 0 Å². The van der Waals surface area contributed by atoms with Crippen LogP contribution in [-0.4, -0.2) is 5.97 Å². The van der Waals surface area contributed by atoms with E-state index in [4.69, 9.17) is 10.5 Å². The minimum atomic E-state index is -0.146. The Morgan fingerprint density at radius 1 is 0.769 bits per heavy atom. The van der Waals surface area contributed by atoms with Crippen LogP contribution in [0.15, 0.2) is 24.3 Å². The van der Waals surface area contributed by atoms with Gasteiger partial charge in [-0.2, -0.15) is 0 Å². The number of nitrogens with two attached hydrogens (primary N) is 1. The highest BCUT2D eigenvalue weighted by atomic mass is 35.5. The number of ether oxygens (including phenoxy) is 1. The first-order valence-corrected chi connectivity index (χ1v) is 10.3. The number of rotatable bonds is 15. The molecule has 1 rings (SSSR count). The van der Waals surface area contributed by atoms with E-state index in [1.165, 1.54) is 70.6 Å². The third-order valence-corrected chi connectivity index (χ3v) is 4.60. The van der Waals surface area contributed by atoms with E-state index in [1.54, 1.807) is 24.3 Å². The first kappa shape index (κ1) is 24.8. The van der Waals surface area contributed by atoms with E-state index in [9.17, 15) is 4.79 Å². The molecule has 2 N–H and O–H groups in total. The summed E-state index contributed by atoms with van der Waals surface area (Å²) >= 11 is 0. The van der Waals surface area contributed by atoms with Crippen molar-refractivity contribution in [1.29, 1.82) is 0 Å². The molecule has 0 aromatic heterocycles. The van der Waals surface area contributed by atoms with Crippen molar-refractivity contribution in [3.63, 3.8) is 0 Å². The molecule has 1 aromatic rings. The van der Waals surface area contributed by atoms with Gasteiger partial charge in [0.15, 0.2) is 0 Å². The third kappa shape index (κ3) is 14.0. The number of carbonyl (C=O) groups excluding carboxylic acids is 1. The fourth-order valence-electron chi connectivity index (χ4n) is 3.01. The van der Waals surface area contributed by atoms with Gasteiger partial charge < -0.3 is 10.5 Å². The molecular formula is C22H38ClNO2. The summed E-state index contributed by atoms with van der Waals surface area (Å²) in [5.74, 6) is 0.432. The van der Waals surface area contributed by atoms with Crippen molar-refractivity contribution in [2.45, 2.75) is 96.8 Å². The van der Waals surface area contributed by atoms with Gasteiger partial charge in [-0.15, -0.1) is 12.4 Å². The van der Waals surface area contributed by atoms with Gasteiger partial charge in [-0.05, 0) is 30.7 Å². The van der Waals surface area contributed by atoms with Crippen LogP contribution in [0.4, 0.5) is 5.69 Å². The molecule has 26 heavy (non-hydrogen) atoms. The highest BCUT2D eigenvalue weighted by Crippen LogP contribution is 2.15. The standard InChI is InChI=1S/C22H37NO2.ClH/c1-2-3-4-5-6-7-8-9-10-11-12-13-14-15-22(24)25-21-18-16-20(23)17-19-21;/h16-19H,2-15,23H2,1H3;1H. The SMILES string of the molecule is CCCCCCCCCCCCCCCC(=O)Oc1ccc(N)cc1.Cl. The summed E-state index contributed by atoms with van der Waals surface area (Å²) in [6.45, 7) is 2.27. The van der Waals surface area contributed by atoms with Crippen LogP contribution >= 0.6 is 12.4 Å². The molecule has 3 nitrogen and oxygen atoms in total. The molecule has 0 aliphatic carbocycles. The molecule has 1 aromatic carbocycles. The number of benzene rings is 1. The summed E-state index contributed by atoms with van der Waals surface area (Å²) in [6, 6.07) is 6.95. The van der Waals surface area contributed by atoms with Gasteiger partial charge in [-0.3, -0.25) is 4.79 Å². The fourth-order valence-corrected chi connectivity index (χ4v) is 3.01. The molecule has 0 fully saturated rings. The van der Waals surface area contributed by atoms with Gasteiger partial charge in [-0.1, -0.05) is 84.0 Å². The lowest BCUT2D eigenvalue weighted by atomic mass is 10.0. The molecule has 0 atom stereocenters. The first-order chi connectivity index (χ1) is 12.2. The number of hydrogen-bond donors (Lipinski definition) is 1. The molecule has 0 saturated heterocycles. The number of nitrogen functional groups attached to an aromatic ring is 1. The van der Waals surface area contributed by atoms with Gasteiger partial charge in [0.25, 0.3) is 0 Å². The van der Waals surface area contributed by atoms with Gasteiger partial charge in [0, 0.05) is 12.1 Å². The smallest absolute Gasteiger partial charge is 0.311 e. The van der Waals surface area contributed by atoms with Crippen molar-refractivity contribution in [2.75, 3.05) is 5.73 Å². The van der Waals surface area contributed by atoms with Crippen molar-refractivity contribution in [1.82, 2.24) is 0 Å². The Balaban J connectivity index is 0.00000625. The minimum Gasteiger partial charge on any atom is -0.427 e. The molecular weight excluding hydrogens is 346 g/mol. The highest BCUT2D eigenvalue weighted by molar-refractivity contribution is 5.85. The average molecular weight is 384 g/mol. The maximum Gasteiger partial charge on any atom is 0.311 e. The fraction of sp³-hybridized carbons (Fsp3) is 0.682. The molecule has 0 bridgehead atoms. The molecule has 150 valence electrons. The number of carbonyl (C=O) groups is 1. The van der Waals surface area contributed by atoms with Crippen molar-refractivity contribution < 1.29 is 9.53 Å². The van der Waals surface area contributed by atoms with Crippen LogP contribution in [0.2, 0.25) is 0 Å². The zero-order valence-electron chi connectivity index (χ0n) is 16.5. The van der Waals surface area contributed by atoms with Gasteiger partial charge in [0.05, 0.1) is 0 Å². The van der Waals surface area contributed by atoms with Gasteiger partial charge in [0.2, 0.25) is 0 Å². The van der Waals surface area contributed by atoms with Gasteiger partial charge >= 0.3 is 5.97 Å². The van der Waals surface area contributed by atoms with E-state index in [0.29, 0.717) is 17.9 Å². The summed E-state index contributed by atoms with van der Waals surface area (Å²) in [4.78, 5) is 11.7. The van der Waals surface area contributed by atoms with Gasteiger partial charge in [-0.25, -0.2) is 0 Å². The topological polar surface area (TPSA) is 52.3 Å². The zero-order valence-corrected chi connectivity index (χ0v) is 17.3. The Labute approximate surface area is 166 Å². The van der Waals surface area contributed by atoms with E-state index >= 15 is 0 Å².